The molecule has 0 amide bonds. The Hall–Kier alpha value is -2.39. The van der Waals surface area contributed by atoms with Gasteiger partial charge in [0.05, 0.1) is 6.61 Å². The summed E-state index contributed by atoms with van der Waals surface area (Å²) in [7, 11) is 1.65. The SMILES string of the molecule is COCCOc1ccc2cc(-c3cccc(F)c3)ccc2c1. The average Bonchev–Trinajstić information content (AvgIpc) is 2.54. The quantitative estimate of drug-likeness (QED) is 0.637. The topological polar surface area (TPSA) is 18.5 Å². The fourth-order valence-electron chi connectivity index (χ4n) is 2.40. The molecule has 112 valence electrons. The van der Waals surface area contributed by atoms with Crippen LogP contribution < -0.4 is 4.74 Å². The van der Waals surface area contributed by atoms with Gasteiger partial charge >= 0.3 is 0 Å². The van der Waals surface area contributed by atoms with E-state index in [9.17, 15) is 4.39 Å². The molecular weight excluding hydrogens is 279 g/mol. The van der Waals surface area contributed by atoms with E-state index >= 15 is 0 Å². The second kappa shape index (κ2) is 6.58. The summed E-state index contributed by atoms with van der Waals surface area (Å²) in [6.07, 6.45) is 0. The lowest BCUT2D eigenvalue weighted by Gasteiger charge is -2.08. The highest BCUT2D eigenvalue weighted by Crippen LogP contribution is 2.27. The van der Waals surface area contributed by atoms with Crippen LogP contribution in [0.4, 0.5) is 4.39 Å². The second-order valence-corrected chi connectivity index (χ2v) is 5.08. The molecule has 0 aliphatic rings. The van der Waals surface area contributed by atoms with Gasteiger partial charge in [0.15, 0.2) is 0 Å². The molecule has 0 unspecified atom stereocenters. The molecule has 3 heteroatoms. The lowest BCUT2D eigenvalue weighted by atomic mass is 10.0. The van der Waals surface area contributed by atoms with E-state index in [1.54, 1.807) is 19.2 Å². The van der Waals surface area contributed by atoms with E-state index in [1.165, 1.54) is 6.07 Å². The van der Waals surface area contributed by atoms with Gasteiger partial charge in [0.25, 0.3) is 0 Å². The molecule has 0 heterocycles. The highest BCUT2D eigenvalue weighted by molar-refractivity contribution is 5.88. The zero-order chi connectivity index (χ0) is 15.4. The van der Waals surface area contributed by atoms with Crippen LogP contribution >= 0.6 is 0 Å². The van der Waals surface area contributed by atoms with Crippen LogP contribution in [-0.4, -0.2) is 20.3 Å². The number of fused-ring (bicyclic) bond motifs is 1. The van der Waals surface area contributed by atoms with E-state index < -0.39 is 0 Å². The summed E-state index contributed by atoms with van der Waals surface area (Å²) in [4.78, 5) is 0. The lowest BCUT2D eigenvalue weighted by molar-refractivity contribution is 0.146. The van der Waals surface area contributed by atoms with Crippen LogP contribution in [0.5, 0.6) is 5.75 Å². The number of hydrogen-bond acceptors (Lipinski definition) is 2. The molecule has 0 atom stereocenters. The molecule has 0 radical (unpaired) electrons. The highest BCUT2D eigenvalue weighted by Gasteiger charge is 2.03. The van der Waals surface area contributed by atoms with E-state index in [4.69, 9.17) is 9.47 Å². The third kappa shape index (κ3) is 3.26. The molecule has 0 bridgehead atoms. The third-order valence-corrected chi connectivity index (χ3v) is 3.53. The normalized spacial score (nSPS) is 10.8. The Kier molecular flexibility index (Phi) is 4.35. The summed E-state index contributed by atoms with van der Waals surface area (Å²) in [6, 6.07) is 18.7. The molecular formula is C19H17FO2. The Morgan fingerprint density at radius 2 is 1.59 bits per heavy atom. The smallest absolute Gasteiger partial charge is 0.123 e. The van der Waals surface area contributed by atoms with Gasteiger partial charge < -0.3 is 9.47 Å². The maximum absolute atomic E-state index is 13.3. The Bertz CT molecular complexity index is 783. The van der Waals surface area contributed by atoms with Crippen molar-refractivity contribution in [2.24, 2.45) is 0 Å². The molecule has 2 nitrogen and oxygen atoms in total. The summed E-state index contributed by atoms with van der Waals surface area (Å²) < 4.78 is 23.9. The summed E-state index contributed by atoms with van der Waals surface area (Å²) >= 11 is 0. The van der Waals surface area contributed by atoms with Gasteiger partial charge in [-0.25, -0.2) is 4.39 Å². The number of methoxy groups -OCH3 is 1. The standard InChI is InChI=1S/C19H17FO2/c1-21-9-10-22-19-8-7-16-11-15(5-6-17(16)13-19)14-3-2-4-18(20)12-14/h2-8,11-13H,9-10H2,1H3. The van der Waals surface area contributed by atoms with Crippen LogP contribution in [0.2, 0.25) is 0 Å². The summed E-state index contributed by atoms with van der Waals surface area (Å²) in [6.45, 7) is 1.10. The average molecular weight is 296 g/mol. The third-order valence-electron chi connectivity index (χ3n) is 3.53. The molecule has 22 heavy (non-hydrogen) atoms. The fourth-order valence-corrected chi connectivity index (χ4v) is 2.40. The molecule has 0 spiro atoms. The van der Waals surface area contributed by atoms with Crippen molar-refractivity contribution >= 4 is 10.8 Å². The molecule has 0 fully saturated rings. The van der Waals surface area contributed by atoms with Gasteiger partial charge in [-0.3, -0.25) is 0 Å². The first-order valence-electron chi connectivity index (χ1n) is 7.18. The van der Waals surface area contributed by atoms with Gasteiger partial charge in [0.1, 0.15) is 18.2 Å². The Balaban J connectivity index is 1.89. The Morgan fingerprint density at radius 1 is 0.818 bits per heavy atom. The summed E-state index contributed by atoms with van der Waals surface area (Å²) in [5.41, 5.74) is 1.88. The van der Waals surface area contributed by atoms with Crippen molar-refractivity contribution < 1.29 is 13.9 Å². The minimum atomic E-state index is -0.223. The zero-order valence-electron chi connectivity index (χ0n) is 12.4. The molecule has 0 aliphatic heterocycles. The number of rotatable bonds is 5. The Morgan fingerprint density at radius 3 is 2.41 bits per heavy atom. The molecule has 0 aromatic heterocycles. The van der Waals surface area contributed by atoms with Crippen LogP contribution in [-0.2, 0) is 4.74 Å². The van der Waals surface area contributed by atoms with Crippen LogP contribution in [0, 0.1) is 5.82 Å². The molecule has 0 saturated carbocycles. The van der Waals surface area contributed by atoms with Crippen LogP contribution in [0.3, 0.4) is 0 Å². The number of benzene rings is 3. The first kappa shape index (κ1) is 14.5. The Labute approximate surface area is 129 Å². The number of ether oxygens (including phenoxy) is 2. The van der Waals surface area contributed by atoms with Crippen molar-refractivity contribution in [2.75, 3.05) is 20.3 Å². The first-order chi connectivity index (χ1) is 10.8. The summed E-state index contributed by atoms with van der Waals surface area (Å²) in [5.74, 6) is 0.600. The van der Waals surface area contributed by atoms with E-state index in [1.807, 2.05) is 36.4 Å². The molecule has 0 N–H and O–H groups in total. The van der Waals surface area contributed by atoms with Crippen molar-refractivity contribution in [3.63, 3.8) is 0 Å². The van der Waals surface area contributed by atoms with Gasteiger partial charge in [0, 0.05) is 7.11 Å². The first-order valence-corrected chi connectivity index (χ1v) is 7.18. The van der Waals surface area contributed by atoms with Crippen molar-refractivity contribution in [3.05, 3.63) is 66.5 Å². The molecule has 0 saturated heterocycles. The minimum absolute atomic E-state index is 0.223. The zero-order valence-corrected chi connectivity index (χ0v) is 12.4. The summed E-state index contributed by atoms with van der Waals surface area (Å²) in [5, 5.41) is 2.19. The van der Waals surface area contributed by atoms with E-state index in [0.717, 1.165) is 27.6 Å². The van der Waals surface area contributed by atoms with Gasteiger partial charge in [-0.2, -0.15) is 0 Å². The van der Waals surface area contributed by atoms with E-state index in [2.05, 4.69) is 6.07 Å². The fraction of sp³-hybridized carbons (Fsp3) is 0.158. The second-order valence-electron chi connectivity index (χ2n) is 5.08. The van der Waals surface area contributed by atoms with Gasteiger partial charge in [-0.05, 0) is 52.2 Å². The minimum Gasteiger partial charge on any atom is -0.491 e. The maximum atomic E-state index is 13.3. The van der Waals surface area contributed by atoms with Gasteiger partial charge in [0.2, 0.25) is 0 Å². The maximum Gasteiger partial charge on any atom is 0.123 e. The van der Waals surface area contributed by atoms with Crippen molar-refractivity contribution in [1.82, 2.24) is 0 Å². The number of halogens is 1. The van der Waals surface area contributed by atoms with Crippen molar-refractivity contribution in [3.8, 4) is 16.9 Å². The number of hydrogen-bond donors (Lipinski definition) is 0. The molecule has 0 aliphatic carbocycles. The van der Waals surface area contributed by atoms with E-state index in [0.29, 0.717) is 13.2 Å². The lowest BCUT2D eigenvalue weighted by Crippen LogP contribution is -2.03. The van der Waals surface area contributed by atoms with Crippen LogP contribution in [0.15, 0.2) is 60.7 Å². The molecule has 3 aromatic rings. The van der Waals surface area contributed by atoms with Crippen molar-refractivity contribution in [2.45, 2.75) is 0 Å². The molecule has 3 rings (SSSR count). The van der Waals surface area contributed by atoms with E-state index in [-0.39, 0.29) is 5.82 Å². The van der Waals surface area contributed by atoms with Crippen molar-refractivity contribution in [1.29, 1.82) is 0 Å². The van der Waals surface area contributed by atoms with Crippen LogP contribution in [0.25, 0.3) is 21.9 Å². The molecule has 3 aromatic carbocycles. The predicted molar refractivity (Wildman–Crippen MR) is 86.7 cm³/mol. The van der Waals surface area contributed by atoms with Gasteiger partial charge in [-0.1, -0.05) is 30.3 Å². The monoisotopic (exact) mass is 296 g/mol. The highest BCUT2D eigenvalue weighted by atomic mass is 19.1. The van der Waals surface area contributed by atoms with Crippen LogP contribution in [0.1, 0.15) is 0 Å². The predicted octanol–water partition coefficient (Wildman–Crippen LogP) is 4.67. The van der Waals surface area contributed by atoms with Gasteiger partial charge in [-0.15, -0.1) is 0 Å². The largest absolute Gasteiger partial charge is 0.491 e.